The number of carbonyl (C=O) groups excluding carboxylic acids is 2. The molecule has 4 heterocycles. The molecular formula is C38H44N6O4. The molecule has 4 aromatic rings. The number of benzene rings is 2. The summed E-state index contributed by atoms with van der Waals surface area (Å²) in [7, 11) is 3.25. The molecule has 2 amide bonds. The minimum Gasteiger partial charge on any atom is -0.497 e. The van der Waals surface area contributed by atoms with E-state index in [-0.39, 0.29) is 23.9 Å². The SMILES string of the molecule is COc1ccc(C(=O)N(c2cccnc2)C2CCN(CCN3CCC(N(C(=O)c4ccc(OC)cc4)c4cccnc4)CC3)CC2)cc1. The van der Waals surface area contributed by atoms with Gasteiger partial charge in [0.15, 0.2) is 0 Å². The molecule has 48 heavy (non-hydrogen) atoms. The molecule has 0 spiro atoms. The zero-order valence-electron chi connectivity index (χ0n) is 27.8. The molecule has 10 heteroatoms. The first kappa shape index (κ1) is 33.1. The first-order chi connectivity index (χ1) is 23.5. The second kappa shape index (κ2) is 15.9. The number of ether oxygens (including phenoxy) is 2. The van der Waals surface area contributed by atoms with Crippen molar-refractivity contribution in [3.8, 4) is 11.5 Å². The molecule has 0 unspecified atom stereocenters. The quantitative estimate of drug-likeness (QED) is 0.213. The molecular weight excluding hydrogens is 604 g/mol. The fourth-order valence-corrected chi connectivity index (χ4v) is 6.81. The highest BCUT2D eigenvalue weighted by molar-refractivity contribution is 6.07. The molecule has 0 radical (unpaired) electrons. The van der Waals surface area contributed by atoms with E-state index in [9.17, 15) is 9.59 Å². The van der Waals surface area contributed by atoms with Gasteiger partial charge in [-0.25, -0.2) is 0 Å². The number of methoxy groups -OCH3 is 2. The van der Waals surface area contributed by atoms with Crippen molar-refractivity contribution in [3.05, 3.63) is 109 Å². The molecule has 2 aromatic carbocycles. The molecule has 2 saturated heterocycles. The van der Waals surface area contributed by atoms with Crippen LogP contribution in [-0.4, -0.2) is 97.2 Å². The van der Waals surface area contributed by atoms with E-state index in [0.717, 1.165) is 87.8 Å². The average molecular weight is 649 g/mol. The topological polar surface area (TPSA) is 91.3 Å². The van der Waals surface area contributed by atoms with E-state index in [1.54, 1.807) is 39.0 Å². The Hall–Kier alpha value is -4.80. The first-order valence-corrected chi connectivity index (χ1v) is 16.7. The van der Waals surface area contributed by atoms with Crippen molar-refractivity contribution in [3.63, 3.8) is 0 Å². The molecule has 250 valence electrons. The lowest BCUT2D eigenvalue weighted by molar-refractivity contribution is 0.0937. The van der Waals surface area contributed by atoms with Crippen molar-refractivity contribution >= 4 is 23.2 Å². The molecule has 0 aliphatic carbocycles. The van der Waals surface area contributed by atoms with Gasteiger partial charge in [-0.1, -0.05) is 0 Å². The third-order valence-electron chi connectivity index (χ3n) is 9.54. The van der Waals surface area contributed by atoms with E-state index in [4.69, 9.17) is 9.47 Å². The Labute approximate surface area is 282 Å². The maximum absolute atomic E-state index is 13.8. The van der Waals surface area contributed by atoms with Crippen molar-refractivity contribution in [1.82, 2.24) is 19.8 Å². The Morgan fingerprint density at radius 3 is 1.31 bits per heavy atom. The second-order valence-corrected chi connectivity index (χ2v) is 12.4. The number of hydrogen-bond acceptors (Lipinski definition) is 8. The summed E-state index contributed by atoms with van der Waals surface area (Å²) in [5, 5.41) is 0. The summed E-state index contributed by atoms with van der Waals surface area (Å²) in [6.07, 6.45) is 10.6. The number of hydrogen-bond donors (Lipinski definition) is 0. The standard InChI is InChI=1S/C38H44N6O4/c1-47-35-11-7-29(8-12-35)37(45)43(33-5-3-19-39-27-33)31-15-21-41(22-16-31)25-26-42-23-17-32(18-24-42)44(34-6-4-20-40-28-34)38(46)30-9-13-36(48-2)14-10-30/h3-14,19-20,27-28,31-32H,15-18,21-26H2,1-2H3. The number of nitrogens with zero attached hydrogens (tertiary/aromatic N) is 6. The van der Waals surface area contributed by atoms with Gasteiger partial charge in [-0.2, -0.15) is 0 Å². The summed E-state index contributed by atoms with van der Waals surface area (Å²) < 4.78 is 10.6. The third-order valence-corrected chi connectivity index (χ3v) is 9.54. The number of carbonyl (C=O) groups is 2. The van der Waals surface area contributed by atoms with Crippen LogP contribution in [0.5, 0.6) is 11.5 Å². The van der Waals surface area contributed by atoms with Crippen LogP contribution in [0.2, 0.25) is 0 Å². The lowest BCUT2D eigenvalue weighted by Crippen LogP contribution is -2.51. The molecule has 2 aliphatic rings. The van der Waals surface area contributed by atoms with Crippen LogP contribution in [0, 0.1) is 0 Å². The van der Waals surface area contributed by atoms with Crippen molar-refractivity contribution in [2.45, 2.75) is 37.8 Å². The fraction of sp³-hybridized carbons (Fsp3) is 0.368. The van der Waals surface area contributed by atoms with Gasteiger partial charge in [-0.3, -0.25) is 19.6 Å². The van der Waals surface area contributed by atoms with E-state index in [2.05, 4.69) is 19.8 Å². The highest BCUT2D eigenvalue weighted by Gasteiger charge is 2.32. The third kappa shape index (κ3) is 7.83. The average Bonchev–Trinajstić information content (AvgIpc) is 3.16. The Morgan fingerprint density at radius 1 is 0.625 bits per heavy atom. The zero-order valence-corrected chi connectivity index (χ0v) is 27.8. The predicted octanol–water partition coefficient (Wildman–Crippen LogP) is 5.42. The summed E-state index contributed by atoms with van der Waals surface area (Å²) in [4.78, 5) is 45.0. The van der Waals surface area contributed by atoms with E-state index < -0.39 is 0 Å². The van der Waals surface area contributed by atoms with Gasteiger partial charge >= 0.3 is 0 Å². The molecule has 6 rings (SSSR count). The first-order valence-electron chi connectivity index (χ1n) is 16.7. The van der Waals surface area contributed by atoms with E-state index in [1.807, 2.05) is 82.6 Å². The molecule has 0 bridgehead atoms. The minimum absolute atomic E-state index is 0.0159. The Morgan fingerprint density at radius 2 is 1.00 bits per heavy atom. The Balaban J connectivity index is 1.03. The van der Waals surface area contributed by atoms with Gasteiger partial charge in [0.25, 0.3) is 11.8 Å². The number of pyridine rings is 2. The maximum atomic E-state index is 13.8. The number of aromatic nitrogens is 2. The summed E-state index contributed by atoms with van der Waals surface area (Å²) >= 11 is 0. The van der Waals surface area contributed by atoms with E-state index in [1.165, 1.54) is 0 Å². The highest BCUT2D eigenvalue weighted by Crippen LogP contribution is 2.28. The van der Waals surface area contributed by atoms with Gasteiger partial charge in [0.1, 0.15) is 11.5 Å². The number of anilines is 2. The molecule has 0 N–H and O–H groups in total. The van der Waals surface area contributed by atoms with Crippen molar-refractivity contribution in [2.75, 3.05) is 63.3 Å². The second-order valence-electron chi connectivity index (χ2n) is 12.4. The van der Waals surface area contributed by atoms with E-state index in [0.29, 0.717) is 11.1 Å². The largest absolute Gasteiger partial charge is 0.497 e. The van der Waals surface area contributed by atoms with Crippen LogP contribution in [0.15, 0.2) is 97.6 Å². The summed E-state index contributed by atoms with van der Waals surface area (Å²) in [5.74, 6) is 1.42. The van der Waals surface area contributed by atoms with Crippen LogP contribution in [0.25, 0.3) is 0 Å². The monoisotopic (exact) mass is 648 g/mol. The molecule has 0 atom stereocenters. The van der Waals surface area contributed by atoms with Crippen LogP contribution >= 0.6 is 0 Å². The van der Waals surface area contributed by atoms with Crippen molar-refractivity contribution in [1.29, 1.82) is 0 Å². The van der Waals surface area contributed by atoms with Crippen LogP contribution in [0.1, 0.15) is 46.4 Å². The number of amides is 2. The predicted molar refractivity (Wildman–Crippen MR) is 187 cm³/mol. The minimum atomic E-state index is -0.0159. The molecule has 10 nitrogen and oxygen atoms in total. The Bertz CT molecular complexity index is 1480. The molecule has 2 fully saturated rings. The van der Waals surface area contributed by atoms with Crippen LogP contribution in [0.4, 0.5) is 11.4 Å². The molecule has 0 saturated carbocycles. The van der Waals surface area contributed by atoms with Gasteiger partial charge < -0.3 is 29.1 Å². The normalized spacial score (nSPS) is 16.3. The highest BCUT2D eigenvalue weighted by atomic mass is 16.5. The lowest BCUT2D eigenvalue weighted by atomic mass is 10.00. The van der Waals surface area contributed by atoms with Crippen LogP contribution in [0.3, 0.4) is 0 Å². The molecule has 2 aliphatic heterocycles. The van der Waals surface area contributed by atoms with Gasteiger partial charge in [-0.15, -0.1) is 0 Å². The summed E-state index contributed by atoms with van der Waals surface area (Å²) in [6, 6.07) is 22.5. The fourth-order valence-electron chi connectivity index (χ4n) is 6.81. The smallest absolute Gasteiger partial charge is 0.258 e. The lowest BCUT2D eigenvalue weighted by Gasteiger charge is -2.41. The number of rotatable bonds is 11. The maximum Gasteiger partial charge on any atom is 0.258 e. The van der Waals surface area contributed by atoms with Gasteiger partial charge in [0, 0.05) is 74.9 Å². The van der Waals surface area contributed by atoms with Crippen molar-refractivity contribution in [2.24, 2.45) is 0 Å². The van der Waals surface area contributed by atoms with E-state index >= 15 is 0 Å². The zero-order chi connectivity index (χ0) is 33.3. The Kier molecular flexibility index (Phi) is 10.9. The van der Waals surface area contributed by atoms with Crippen LogP contribution in [-0.2, 0) is 0 Å². The summed E-state index contributed by atoms with van der Waals surface area (Å²) in [6.45, 7) is 5.68. The van der Waals surface area contributed by atoms with Gasteiger partial charge in [-0.05, 0) is 98.5 Å². The van der Waals surface area contributed by atoms with Crippen LogP contribution < -0.4 is 19.3 Å². The van der Waals surface area contributed by atoms with Gasteiger partial charge in [0.05, 0.1) is 38.0 Å². The summed E-state index contributed by atoms with van der Waals surface area (Å²) in [5.41, 5.74) is 2.92. The number of piperidine rings is 2. The number of likely N-dealkylation sites (tertiary alicyclic amines) is 2. The molecule has 2 aromatic heterocycles. The van der Waals surface area contributed by atoms with Gasteiger partial charge in [0.2, 0.25) is 0 Å². The van der Waals surface area contributed by atoms with Crippen molar-refractivity contribution < 1.29 is 19.1 Å².